The van der Waals surface area contributed by atoms with Gasteiger partial charge in [-0.05, 0) is 29.8 Å². The standard InChI is InChI=1S/C20H22N2O3S/c1-22(2)19-8-4-7-18-17(19)6-5-9-20(18)26(23,24)21-14-15-10-12-16(25-3)13-11-15/h4-13,21H,14H2,1-3H3. The van der Waals surface area contributed by atoms with Crippen molar-refractivity contribution < 1.29 is 13.2 Å². The smallest absolute Gasteiger partial charge is 0.241 e. The van der Waals surface area contributed by atoms with E-state index >= 15 is 0 Å². The minimum absolute atomic E-state index is 0.218. The largest absolute Gasteiger partial charge is 0.497 e. The highest BCUT2D eigenvalue weighted by Gasteiger charge is 2.18. The van der Waals surface area contributed by atoms with Crippen molar-refractivity contribution in [3.63, 3.8) is 0 Å². The van der Waals surface area contributed by atoms with Gasteiger partial charge in [-0.1, -0.05) is 36.4 Å². The molecular formula is C20H22N2O3S. The van der Waals surface area contributed by atoms with E-state index in [1.165, 1.54) is 0 Å². The third kappa shape index (κ3) is 3.66. The Morgan fingerprint density at radius 1 is 0.923 bits per heavy atom. The van der Waals surface area contributed by atoms with Crippen LogP contribution >= 0.6 is 0 Å². The summed E-state index contributed by atoms with van der Waals surface area (Å²) >= 11 is 0. The molecule has 3 aromatic carbocycles. The van der Waals surface area contributed by atoms with Crippen molar-refractivity contribution in [1.29, 1.82) is 0 Å². The Kier molecular flexibility index (Phi) is 5.15. The average molecular weight is 370 g/mol. The summed E-state index contributed by atoms with van der Waals surface area (Å²) in [7, 11) is 1.84. The van der Waals surface area contributed by atoms with Gasteiger partial charge in [0.25, 0.3) is 0 Å². The fraction of sp³-hybridized carbons (Fsp3) is 0.200. The Bertz CT molecular complexity index is 1010. The zero-order chi connectivity index (χ0) is 18.7. The van der Waals surface area contributed by atoms with Crippen LogP contribution in [0.1, 0.15) is 5.56 Å². The molecule has 1 N–H and O–H groups in total. The molecule has 0 atom stereocenters. The van der Waals surface area contributed by atoms with Gasteiger partial charge < -0.3 is 9.64 Å². The van der Waals surface area contributed by atoms with Crippen LogP contribution in [0.15, 0.2) is 65.6 Å². The lowest BCUT2D eigenvalue weighted by molar-refractivity contribution is 0.414. The monoisotopic (exact) mass is 370 g/mol. The van der Waals surface area contributed by atoms with Crippen LogP contribution in [0.25, 0.3) is 10.8 Å². The van der Waals surface area contributed by atoms with Gasteiger partial charge in [-0.2, -0.15) is 0 Å². The maximum Gasteiger partial charge on any atom is 0.241 e. The number of sulfonamides is 1. The molecule has 3 aromatic rings. The SMILES string of the molecule is COc1ccc(CNS(=O)(=O)c2cccc3c(N(C)C)cccc23)cc1. The zero-order valence-electron chi connectivity index (χ0n) is 15.1. The molecule has 0 aliphatic heterocycles. The van der Waals surface area contributed by atoms with E-state index in [4.69, 9.17) is 4.74 Å². The molecule has 3 rings (SSSR count). The number of hydrogen-bond donors (Lipinski definition) is 1. The summed E-state index contributed by atoms with van der Waals surface area (Å²) in [6, 6.07) is 18.3. The summed E-state index contributed by atoms with van der Waals surface area (Å²) < 4.78 is 33.6. The molecule has 0 aliphatic carbocycles. The van der Waals surface area contributed by atoms with E-state index in [9.17, 15) is 8.42 Å². The number of fused-ring (bicyclic) bond motifs is 1. The zero-order valence-corrected chi connectivity index (χ0v) is 15.9. The van der Waals surface area contributed by atoms with E-state index < -0.39 is 10.0 Å². The van der Waals surface area contributed by atoms with E-state index in [2.05, 4.69) is 4.72 Å². The van der Waals surface area contributed by atoms with Crippen LogP contribution in [-0.2, 0) is 16.6 Å². The van der Waals surface area contributed by atoms with Crippen LogP contribution in [0.5, 0.6) is 5.75 Å². The molecule has 0 heterocycles. The number of hydrogen-bond acceptors (Lipinski definition) is 4. The predicted molar refractivity (Wildman–Crippen MR) is 105 cm³/mol. The van der Waals surface area contributed by atoms with Gasteiger partial charge in [0.1, 0.15) is 5.75 Å². The number of ether oxygens (including phenoxy) is 1. The van der Waals surface area contributed by atoms with Gasteiger partial charge in [-0.15, -0.1) is 0 Å². The highest BCUT2D eigenvalue weighted by molar-refractivity contribution is 7.89. The highest BCUT2D eigenvalue weighted by atomic mass is 32.2. The molecule has 26 heavy (non-hydrogen) atoms. The van der Waals surface area contributed by atoms with E-state index in [1.807, 2.05) is 67.5 Å². The lowest BCUT2D eigenvalue weighted by Crippen LogP contribution is -2.23. The summed E-state index contributed by atoms with van der Waals surface area (Å²) in [5, 5.41) is 1.62. The van der Waals surface area contributed by atoms with E-state index in [-0.39, 0.29) is 11.4 Å². The van der Waals surface area contributed by atoms with Crippen molar-refractivity contribution in [3.05, 3.63) is 66.2 Å². The molecule has 0 bridgehead atoms. The van der Waals surface area contributed by atoms with Crippen molar-refractivity contribution in [2.45, 2.75) is 11.4 Å². The number of anilines is 1. The second-order valence-corrected chi connectivity index (χ2v) is 7.93. The van der Waals surface area contributed by atoms with Crippen LogP contribution in [0.2, 0.25) is 0 Å². The maximum absolute atomic E-state index is 12.9. The first-order valence-corrected chi connectivity index (χ1v) is 9.72. The third-order valence-corrected chi connectivity index (χ3v) is 5.72. The predicted octanol–water partition coefficient (Wildman–Crippen LogP) is 3.39. The van der Waals surface area contributed by atoms with Gasteiger partial charge in [-0.3, -0.25) is 0 Å². The molecule has 0 unspecified atom stereocenters. The number of benzene rings is 3. The molecule has 0 fully saturated rings. The Labute approximate surface area is 154 Å². The molecule has 136 valence electrons. The lowest BCUT2D eigenvalue weighted by atomic mass is 10.1. The van der Waals surface area contributed by atoms with Crippen LogP contribution in [-0.4, -0.2) is 29.6 Å². The molecule has 5 nitrogen and oxygen atoms in total. The van der Waals surface area contributed by atoms with Crippen molar-refractivity contribution >= 4 is 26.5 Å². The molecule has 0 radical (unpaired) electrons. The normalized spacial score (nSPS) is 11.5. The molecule has 0 aromatic heterocycles. The van der Waals surface area contributed by atoms with Crippen LogP contribution in [0, 0.1) is 0 Å². The molecular weight excluding hydrogens is 348 g/mol. The highest BCUT2D eigenvalue weighted by Crippen LogP contribution is 2.30. The van der Waals surface area contributed by atoms with Crippen LogP contribution < -0.4 is 14.4 Å². The lowest BCUT2D eigenvalue weighted by Gasteiger charge is -2.17. The number of nitrogens with zero attached hydrogens (tertiary/aromatic N) is 1. The van der Waals surface area contributed by atoms with Gasteiger partial charge in [0.05, 0.1) is 12.0 Å². The summed E-state index contributed by atoms with van der Waals surface area (Å²) in [6.07, 6.45) is 0. The van der Waals surface area contributed by atoms with Crippen molar-refractivity contribution in [2.75, 3.05) is 26.1 Å². The first-order valence-electron chi connectivity index (χ1n) is 8.24. The van der Waals surface area contributed by atoms with Crippen molar-refractivity contribution in [1.82, 2.24) is 4.72 Å². The van der Waals surface area contributed by atoms with E-state index in [1.54, 1.807) is 19.2 Å². The molecule has 0 saturated heterocycles. The molecule has 0 amide bonds. The summed E-state index contributed by atoms with van der Waals surface area (Å²) in [6.45, 7) is 0.218. The molecule has 0 spiro atoms. The van der Waals surface area contributed by atoms with Crippen molar-refractivity contribution in [3.8, 4) is 5.75 Å². The topological polar surface area (TPSA) is 58.6 Å². The molecule has 0 saturated carbocycles. The first kappa shape index (κ1) is 18.2. The Morgan fingerprint density at radius 2 is 1.58 bits per heavy atom. The van der Waals surface area contributed by atoms with Crippen LogP contribution in [0.4, 0.5) is 5.69 Å². The fourth-order valence-electron chi connectivity index (χ4n) is 2.89. The van der Waals surface area contributed by atoms with Crippen molar-refractivity contribution in [2.24, 2.45) is 0 Å². The Morgan fingerprint density at radius 3 is 2.23 bits per heavy atom. The van der Waals surface area contributed by atoms with Gasteiger partial charge >= 0.3 is 0 Å². The number of methoxy groups -OCH3 is 1. The summed E-state index contributed by atoms with van der Waals surface area (Å²) in [5.41, 5.74) is 1.85. The maximum atomic E-state index is 12.9. The summed E-state index contributed by atoms with van der Waals surface area (Å²) in [5.74, 6) is 0.738. The van der Waals surface area contributed by atoms with E-state index in [0.717, 1.165) is 22.4 Å². The third-order valence-electron chi connectivity index (χ3n) is 4.26. The van der Waals surface area contributed by atoms with Gasteiger partial charge in [-0.25, -0.2) is 13.1 Å². The number of rotatable bonds is 6. The Balaban J connectivity index is 1.92. The summed E-state index contributed by atoms with van der Waals surface area (Å²) in [4.78, 5) is 2.26. The average Bonchev–Trinajstić information content (AvgIpc) is 2.65. The van der Waals surface area contributed by atoms with Gasteiger partial charge in [0, 0.05) is 37.1 Å². The molecule has 0 aliphatic rings. The van der Waals surface area contributed by atoms with Gasteiger partial charge in [0.15, 0.2) is 0 Å². The number of nitrogens with one attached hydrogen (secondary N) is 1. The first-order chi connectivity index (χ1) is 12.4. The Hall–Kier alpha value is -2.57. The molecule has 6 heteroatoms. The second kappa shape index (κ2) is 7.35. The van der Waals surface area contributed by atoms with Gasteiger partial charge in [0.2, 0.25) is 10.0 Å². The van der Waals surface area contributed by atoms with E-state index in [0.29, 0.717) is 5.39 Å². The van der Waals surface area contributed by atoms with Crippen LogP contribution in [0.3, 0.4) is 0 Å². The second-order valence-electron chi connectivity index (χ2n) is 6.20. The fourth-order valence-corrected chi connectivity index (χ4v) is 4.13. The quantitative estimate of drug-likeness (QED) is 0.723. The minimum atomic E-state index is -3.64. The minimum Gasteiger partial charge on any atom is -0.497 e.